The molecule has 0 bridgehead atoms. The third-order valence-electron chi connectivity index (χ3n) is 3.62. The van der Waals surface area contributed by atoms with Crippen molar-refractivity contribution in [1.29, 1.82) is 0 Å². The Bertz CT molecular complexity index is 632. The summed E-state index contributed by atoms with van der Waals surface area (Å²) >= 11 is 1.59. The molecule has 0 aliphatic carbocycles. The number of carbonyl (C=O) groups is 1. The Morgan fingerprint density at radius 1 is 1.50 bits per heavy atom. The van der Waals surface area contributed by atoms with Crippen LogP contribution in [-0.4, -0.2) is 35.9 Å². The molecule has 5 nitrogen and oxygen atoms in total. The molecule has 0 aromatic carbocycles. The lowest BCUT2D eigenvalue weighted by atomic mass is 9.93. The van der Waals surface area contributed by atoms with E-state index in [1.54, 1.807) is 23.3 Å². The number of hydrogen-bond acceptors (Lipinski definition) is 5. The number of rotatable bonds is 6. The molecule has 2 aromatic rings. The summed E-state index contributed by atoms with van der Waals surface area (Å²) in [5, 5.41) is 3.95. The summed E-state index contributed by atoms with van der Waals surface area (Å²) in [6.45, 7) is 7.10. The molecule has 0 saturated carbocycles. The molecule has 1 amide bonds. The van der Waals surface area contributed by atoms with Crippen molar-refractivity contribution in [2.75, 3.05) is 20.1 Å². The molecule has 2 N–H and O–H groups in total. The Morgan fingerprint density at radius 2 is 2.23 bits per heavy atom. The van der Waals surface area contributed by atoms with Crippen molar-refractivity contribution in [3.05, 3.63) is 28.3 Å². The van der Waals surface area contributed by atoms with Gasteiger partial charge in [0.15, 0.2) is 0 Å². The summed E-state index contributed by atoms with van der Waals surface area (Å²) in [6.07, 6.45) is 0.247. The van der Waals surface area contributed by atoms with Crippen molar-refractivity contribution in [2.45, 2.75) is 27.2 Å². The van der Waals surface area contributed by atoms with Gasteiger partial charge in [-0.2, -0.15) is 11.3 Å². The van der Waals surface area contributed by atoms with E-state index in [-0.39, 0.29) is 17.7 Å². The highest BCUT2D eigenvalue weighted by Crippen LogP contribution is 2.24. The van der Waals surface area contributed by atoms with Gasteiger partial charge in [0.25, 0.3) is 0 Å². The maximum absolute atomic E-state index is 12.4. The lowest BCUT2D eigenvalue weighted by Gasteiger charge is -2.28. The van der Waals surface area contributed by atoms with E-state index < -0.39 is 0 Å². The topological polar surface area (TPSA) is 72.4 Å². The predicted molar refractivity (Wildman–Crippen MR) is 88.7 cm³/mol. The first-order valence-electron chi connectivity index (χ1n) is 7.25. The van der Waals surface area contributed by atoms with Crippen LogP contribution in [-0.2, 0) is 11.2 Å². The second kappa shape index (κ2) is 6.62. The quantitative estimate of drug-likeness (QED) is 0.888. The van der Waals surface area contributed by atoms with Crippen molar-refractivity contribution >= 4 is 17.2 Å². The first-order chi connectivity index (χ1) is 10.3. The van der Waals surface area contributed by atoms with Crippen LogP contribution >= 0.6 is 11.3 Å². The van der Waals surface area contributed by atoms with E-state index in [4.69, 9.17) is 10.2 Å². The summed E-state index contributed by atoms with van der Waals surface area (Å²) < 4.78 is 5.67. The minimum absolute atomic E-state index is 0.0230. The molecule has 0 atom stereocenters. The Labute approximate surface area is 135 Å². The first-order valence-corrected chi connectivity index (χ1v) is 8.19. The fraction of sp³-hybridized carbons (Fsp3) is 0.500. The monoisotopic (exact) mass is 321 g/mol. The van der Waals surface area contributed by atoms with Crippen LogP contribution in [0.25, 0.3) is 11.5 Å². The standard InChI is InChI=1S/C16H23N3O2S/c1-11-13(18-15(21-11)12-5-6-22-8-12)7-14(20)19(4)10-16(2,3)9-17/h5-6,8H,7,9-10,17H2,1-4H3. The number of aryl methyl sites for hydroxylation is 1. The molecule has 6 heteroatoms. The number of nitrogens with two attached hydrogens (primary N) is 1. The summed E-state index contributed by atoms with van der Waals surface area (Å²) in [4.78, 5) is 18.5. The first kappa shape index (κ1) is 16.7. The van der Waals surface area contributed by atoms with Crippen molar-refractivity contribution < 1.29 is 9.21 Å². The summed E-state index contributed by atoms with van der Waals surface area (Å²) in [5.74, 6) is 1.29. The average Bonchev–Trinajstić information content (AvgIpc) is 3.08. The van der Waals surface area contributed by atoms with Crippen LogP contribution in [0.1, 0.15) is 25.3 Å². The number of thiophene rings is 1. The third kappa shape index (κ3) is 3.96. The van der Waals surface area contributed by atoms with Gasteiger partial charge in [-0.25, -0.2) is 4.98 Å². The Balaban J connectivity index is 2.06. The molecule has 0 radical (unpaired) electrons. The lowest BCUT2D eigenvalue weighted by molar-refractivity contribution is -0.130. The molecule has 0 fully saturated rings. The van der Waals surface area contributed by atoms with Crippen LogP contribution in [0.5, 0.6) is 0 Å². The lowest BCUT2D eigenvalue weighted by Crippen LogP contribution is -2.40. The minimum atomic E-state index is -0.0921. The second-order valence-corrected chi connectivity index (χ2v) is 7.11. The second-order valence-electron chi connectivity index (χ2n) is 6.33. The number of likely N-dealkylation sites (N-methyl/N-ethyl adjacent to an activating group) is 1. The van der Waals surface area contributed by atoms with Crippen LogP contribution in [0.2, 0.25) is 0 Å². The van der Waals surface area contributed by atoms with Gasteiger partial charge in [0.2, 0.25) is 11.8 Å². The third-order valence-corrected chi connectivity index (χ3v) is 4.31. The summed E-state index contributed by atoms with van der Waals surface area (Å²) in [6, 6.07) is 1.96. The zero-order valence-electron chi connectivity index (χ0n) is 13.5. The Hall–Kier alpha value is -1.66. The molecular weight excluding hydrogens is 298 g/mol. The Kier molecular flexibility index (Phi) is 5.03. The van der Waals surface area contributed by atoms with Gasteiger partial charge in [0.05, 0.1) is 12.1 Å². The van der Waals surface area contributed by atoms with E-state index >= 15 is 0 Å². The van der Waals surface area contributed by atoms with Crippen molar-refractivity contribution in [3.63, 3.8) is 0 Å². The molecule has 2 aromatic heterocycles. The highest BCUT2D eigenvalue weighted by molar-refractivity contribution is 7.08. The van der Waals surface area contributed by atoms with E-state index in [1.165, 1.54) is 0 Å². The molecule has 0 saturated heterocycles. The molecule has 0 aliphatic heterocycles. The van der Waals surface area contributed by atoms with Crippen LogP contribution < -0.4 is 5.73 Å². The van der Waals surface area contributed by atoms with Crippen LogP contribution in [0.3, 0.4) is 0 Å². The van der Waals surface area contributed by atoms with Crippen molar-refractivity contribution in [2.24, 2.45) is 11.1 Å². The van der Waals surface area contributed by atoms with Gasteiger partial charge in [-0.1, -0.05) is 13.8 Å². The van der Waals surface area contributed by atoms with Crippen molar-refractivity contribution in [3.8, 4) is 11.5 Å². The van der Waals surface area contributed by atoms with Gasteiger partial charge >= 0.3 is 0 Å². The van der Waals surface area contributed by atoms with Gasteiger partial charge in [0, 0.05) is 24.5 Å². The molecular formula is C16H23N3O2S. The maximum Gasteiger partial charge on any atom is 0.228 e. The SMILES string of the molecule is Cc1oc(-c2ccsc2)nc1CC(=O)N(C)CC(C)(C)CN. The molecule has 120 valence electrons. The van der Waals surface area contributed by atoms with Gasteiger partial charge in [0.1, 0.15) is 5.76 Å². The number of hydrogen-bond donors (Lipinski definition) is 1. The van der Waals surface area contributed by atoms with E-state index in [0.717, 1.165) is 5.56 Å². The summed E-state index contributed by atoms with van der Waals surface area (Å²) in [5.41, 5.74) is 7.28. The highest BCUT2D eigenvalue weighted by atomic mass is 32.1. The van der Waals surface area contributed by atoms with Crippen LogP contribution in [0.4, 0.5) is 0 Å². The fourth-order valence-corrected chi connectivity index (χ4v) is 2.80. The van der Waals surface area contributed by atoms with Gasteiger partial charge < -0.3 is 15.1 Å². The molecule has 2 heterocycles. The number of amides is 1. The molecule has 0 unspecified atom stereocenters. The zero-order valence-corrected chi connectivity index (χ0v) is 14.4. The average molecular weight is 321 g/mol. The van der Waals surface area contributed by atoms with Gasteiger partial charge in [-0.3, -0.25) is 4.79 Å². The van der Waals surface area contributed by atoms with E-state index in [1.807, 2.05) is 37.6 Å². The molecule has 22 heavy (non-hydrogen) atoms. The van der Waals surface area contributed by atoms with Crippen LogP contribution in [0, 0.1) is 12.3 Å². The maximum atomic E-state index is 12.4. The molecule has 0 aliphatic rings. The summed E-state index contributed by atoms with van der Waals surface area (Å²) in [7, 11) is 1.80. The molecule has 2 rings (SSSR count). The van der Waals surface area contributed by atoms with Crippen molar-refractivity contribution in [1.82, 2.24) is 9.88 Å². The Morgan fingerprint density at radius 3 is 2.82 bits per heavy atom. The smallest absolute Gasteiger partial charge is 0.228 e. The number of nitrogens with zero attached hydrogens (tertiary/aromatic N) is 2. The van der Waals surface area contributed by atoms with Crippen LogP contribution in [0.15, 0.2) is 21.2 Å². The molecule has 0 spiro atoms. The minimum Gasteiger partial charge on any atom is -0.441 e. The van der Waals surface area contributed by atoms with E-state index in [0.29, 0.717) is 30.4 Å². The highest BCUT2D eigenvalue weighted by Gasteiger charge is 2.23. The van der Waals surface area contributed by atoms with E-state index in [2.05, 4.69) is 4.98 Å². The number of carbonyl (C=O) groups excluding carboxylic acids is 1. The van der Waals surface area contributed by atoms with E-state index in [9.17, 15) is 4.79 Å². The number of oxazole rings is 1. The predicted octanol–water partition coefficient (Wildman–Crippen LogP) is 2.70. The van der Waals surface area contributed by atoms with Gasteiger partial charge in [-0.15, -0.1) is 0 Å². The largest absolute Gasteiger partial charge is 0.441 e. The fourth-order valence-electron chi connectivity index (χ4n) is 2.17. The number of aromatic nitrogens is 1. The van der Waals surface area contributed by atoms with Gasteiger partial charge in [-0.05, 0) is 30.3 Å². The normalized spacial score (nSPS) is 11.7. The zero-order chi connectivity index (χ0) is 16.3.